The maximum absolute atomic E-state index is 5.50. The van der Waals surface area contributed by atoms with E-state index in [-0.39, 0.29) is 0 Å². The number of unbranched alkanes of at least 4 members (excludes halogenated alkanes) is 4. The molecule has 0 rings (SSSR count). The van der Waals surface area contributed by atoms with E-state index in [1.165, 1.54) is 57.8 Å². The minimum Gasteiger partial charge on any atom is -0.381 e. The Balaban J connectivity index is 3.43. The highest BCUT2D eigenvalue weighted by Gasteiger charge is 2.05. The Morgan fingerprint density at radius 3 is 2.25 bits per heavy atom. The molecule has 0 N–H and O–H groups in total. The van der Waals surface area contributed by atoms with E-state index in [0.717, 1.165) is 0 Å². The molecule has 0 aromatic rings. The summed E-state index contributed by atoms with van der Waals surface area (Å²) >= 11 is 0. The average molecular weight is 226 g/mol. The van der Waals surface area contributed by atoms with Crippen LogP contribution in [0.2, 0.25) is 0 Å². The van der Waals surface area contributed by atoms with Crippen molar-refractivity contribution in [1.29, 1.82) is 0 Å². The molecule has 0 aromatic heterocycles. The average Bonchev–Trinajstić information content (AvgIpc) is 2.31. The molecule has 0 spiro atoms. The van der Waals surface area contributed by atoms with Crippen LogP contribution >= 0.6 is 0 Å². The largest absolute Gasteiger partial charge is 0.381 e. The van der Waals surface area contributed by atoms with E-state index in [2.05, 4.69) is 26.0 Å². The van der Waals surface area contributed by atoms with Gasteiger partial charge in [-0.3, -0.25) is 0 Å². The molecule has 0 saturated heterocycles. The molecular weight excluding hydrogens is 196 g/mol. The monoisotopic (exact) mass is 226 g/mol. The fraction of sp³-hybridized carbons (Fsp3) is 0.867. The van der Waals surface area contributed by atoms with Gasteiger partial charge in [-0.05, 0) is 25.7 Å². The Kier molecular flexibility index (Phi) is 12.5. The highest BCUT2D eigenvalue weighted by molar-refractivity contribution is 4.82. The predicted molar refractivity (Wildman–Crippen MR) is 72.8 cm³/mol. The van der Waals surface area contributed by atoms with Crippen molar-refractivity contribution in [1.82, 2.24) is 0 Å². The summed E-state index contributed by atoms with van der Waals surface area (Å²) in [6, 6.07) is 0. The van der Waals surface area contributed by atoms with Crippen LogP contribution in [0.25, 0.3) is 0 Å². The van der Waals surface area contributed by atoms with E-state index < -0.39 is 0 Å². The Morgan fingerprint density at radius 2 is 1.62 bits per heavy atom. The molecule has 16 heavy (non-hydrogen) atoms. The fourth-order valence-corrected chi connectivity index (χ4v) is 1.86. The van der Waals surface area contributed by atoms with Crippen LogP contribution < -0.4 is 0 Å². The molecule has 0 amide bonds. The lowest BCUT2D eigenvalue weighted by Crippen LogP contribution is -2.09. The van der Waals surface area contributed by atoms with Crippen molar-refractivity contribution in [3.8, 4) is 0 Å². The van der Waals surface area contributed by atoms with Gasteiger partial charge in [0, 0.05) is 7.11 Å². The van der Waals surface area contributed by atoms with Crippen molar-refractivity contribution < 1.29 is 4.74 Å². The molecule has 0 aliphatic heterocycles. The SMILES string of the molecule is CCCC=CCCC(CCCCCC)OC. The minimum atomic E-state index is 0.475. The number of rotatable bonds is 11. The van der Waals surface area contributed by atoms with Gasteiger partial charge in [0.05, 0.1) is 6.10 Å². The van der Waals surface area contributed by atoms with Crippen molar-refractivity contribution in [2.75, 3.05) is 7.11 Å². The minimum absolute atomic E-state index is 0.475. The summed E-state index contributed by atoms with van der Waals surface area (Å²) in [5.74, 6) is 0. The molecule has 0 aliphatic rings. The molecule has 1 nitrogen and oxygen atoms in total. The first-order valence-electron chi connectivity index (χ1n) is 7.02. The van der Waals surface area contributed by atoms with Crippen molar-refractivity contribution in [2.24, 2.45) is 0 Å². The lowest BCUT2D eigenvalue weighted by Gasteiger charge is -2.13. The maximum Gasteiger partial charge on any atom is 0.0574 e. The van der Waals surface area contributed by atoms with Gasteiger partial charge in [-0.25, -0.2) is 0 Å². The van der Waals surface area contributed by atoms with E-state index in [4.69, 9.17) is 4.74 Å². The standard InChI is InChI=1S/C15H30O/c1-4-6-8-10-12-14-15(16-3)13-11-9-7-5-2/h8,10,15H,4-7,9,11-14H2,1-3H3. The van der Waals surface area contributed by atoms with E-state index in [0.29, 0.717) is 6.10 Å². The summed E-state index contributed by atoms with van der Waals surface area (Å²) in [5.41, 5.74) is 0. The number of hydrogen-bond donors (Lipinski definition) is 0. The molecule has 0 aliphatic carbocycles. The van der Waals surface area contributed by atoms with E-state index in [1.54, 1.807) is 0 Å². The molecule has 0 heterocycles. The molecule has 0 radical (unpaired) electrons. The number of allylic oxidation sites excluding steroid dienone is 2. The van der Waals surface area contributed by atoms with Crippen LogP contribution in [-0.2, 0) is 4.74 Å². The van der Waals surface area contributed by atoms with Gasteiger partial charge in [0.1, 0.15) is 0 Å². The Hall–Kier alpha value is -0.300. The van der Waals surface area contributed by atoms with Gasteiger partial charge in [-0.1, -0.05) is 58.1 Å². The quantitative estimate of drug-likeness (QED) is 0.351. The van der Waals surface area contributed by atoms with Crippen molar-refractivity contribution in [2.45, 2.75) is 77.7 Å². The fourth-order valence-electron chi connectivity index (χ4n) is 1.86. The Morgan fingerprint density at radius 1 is 0.875 bits per heavy atom. The summed E-state index contributed by atoms with van der Waals surface area (Å²) in [5, 5.41) is 0. The lowest BCUT2D eigenvalue weighted by atomic mass is 10.1. The first kappa shape index (κ1) is 15.7. The van der Waals surface area contributed by atoms with Crippen LogP contribution in [0.3, 0.4) is 0 Å². The summed E-state index contributed by atoms with van der Waals surface area (Å²) < 4.78 is 5.50. The Labute approximate surface area is 102 Å². The van der Waals surface area contributed by atoms with Crippen molar-refractivity contribution >= 4 is 0 Å². The molecule has 0 fully saturated rings. The van der Waals surface area contributed by atoms with Gasteiger partial charge >= 0.3 is 0 Å². The predicted octanol–water partition coefficient (Wildman–Crippen LogP) is 5.11. The Bertz CT molecular complexity index is 152. The van der Waals surface area contributed by atoms with E-state index in [1.807, 2.05) is 7.11 Å². The van der Waals surface area contributed by atoms with Crippen LogP contribution in [0, 0.1) is 0 Å². The van der Waals surface area contributed by atoms with Crippen LogP contribution in [0.15, 0.2) is 12.2 Å². The molecule has 1 atom stereocenters. The van der Waals surface area contributed by atoms with Gasteiger partial charge in [-0.2, -0.15) is 0 Å². The smallest absolute Gasteiger partial charge is 0.0574 e. The van der Waals surface area contributed by atoms with Gasteiger partial charge in [0.2, 0.25) is 0 Å². The topological polar surface area (TPSA) is 9.23 Å². The zero-order valence-electron chi connectivity index (χ0n) is 11.5. The van der Waals surface area contributed by atoms with Gasteiger partial charge in [0.25, 0.3) is 0 Å². The second-order valence-corrected chi connectivity index (χ2v) is 4.54. The first-order valence-corrected chi connectivity index (χ1v) is 7.02. The van der Waals surface area contributed by atoms with Gasteiger partial charge in [0.15, 0.2) is 0 Å². The third-order valence-electron chi connectivity index (χ3n) is 2.99. The zero-order valence-corrected chi connectivity index (χ0v) is 11.5. The van der Waals surface area contributed by atoms with Crippen LogP contribution in [0.4, 0.5) is 0 Å². The molecule has 96 valence electrons. The van der Waals surface area contributed by atoms with E-state index in [9.17, 15) is 0 Å². The molecule has 0 aromatic carbocycles. The first-order chi connectivity index (χ1) is 7.85. The second kappa shape index (κ2) is 12.8. The van der Waals surface area contributed by atoms with Crippen molar-refractivity contribution in [3.05, 3.63) is 12.2 Å². The number of methoxy groups -OCH3 is 1. The van der Waals surface area contributed by atoms with Crippen LogP contribution in [0.1, 0.15) is 71.6 Å². The van der Waals surface area contributed by atoms with Crippen LogP contribution in [-0.4, -0.2) is 13.2 Å². The van der Waals surface area contributed by atoms with Gasteiger partial charge < -0.3 is 4.74 Å². The van der Waals surface area contributed by atoms with Crippen molar-refractivity contribution in [3.63, 3.8) is 0 Å². The normalized spacial score (nSPS) is 13.4. The molecule has 1 heteroatoms. The van der Waals surface area contributed by atoms with E-state index >= 15 is 0 Å². The molecule has 0 bridgehead atoms. The van der Waals surface area contributed by atoms with Gasteiger partial charge in [-0.15, -0.1) is 0 Å². The molecule has 1 unspecified atom stereocenters. The summed E-state index contributed by atoms with van der Waals surface area (Å²) in [6.45, 7) is 4.47. The lowest BCUT2D eigenvalue weighted by molar-refractivity contribution is 0.0864. The van der Waals surface area contributed by atoms with Crippen LogP contribution in [0.5, 0.6) is 0 Å². The molecule has 0 saturated carbocycles. The maximum atomic E-state index is 5.50. The summed E-state index contributed by atoms with van der Waals surface area (Å²) in [7, 11) is 1.85. The number of ether oxygens (including phenoxy) is 1. The third-order valence-corrected chi connectivity index (χ3v) is 2.99. The highest BCUT2D eigenvalue weighted by Crippen LogP contribution is 2.12. The third kappa shape index (κ3) is 10.2. The summed E-state index contributed by atoms with van der Waals surface area (Å²) in [4.78, 5) is 0. The molecular formula is C15H30O. The number of hydrogen-bond acceptors (Lipinski definition) is 1. The highest BCUT2D eigenvalue weighted by atomic mass is 16.5. The summed E-state index contributed by atoms with van der Waals surface area (Å²) in [6.07, 6.45) is 16.5. The zero-order chi connectivity index (χ0) is 12.1. The second-order valence-electron chi connectivity index (χ2n) is 4.54.